The molecule has 7 heteroatoms. The first kappa shape index (κ1) is 19.9. The molecule has 0 aliphatic carbocycles. The van der Waals surface area contributed by atoms with Crippen molar-refractivity contribution in [3.05, 3.63) is 39.0 Å². The zero-order valence-electron chi connectivity index (χ0n) is 16.0. The highest BCUT2D eigenvalue weighted by Crippen LogP contribution is 2.47. The smallest absolute Gasteiger partial charge is 0.161 e. The van der Waals surface area contributed by atoms with Gasteiger partial charge < -0.3 is 28.4 Å². The van der Waals surface area contributed by atoms with Gasteiger partial charge in [-0.1, -0.05) is 6.07 Å². The Hall–Kier alpha value is -1.87. The first-order valence-corrected chi connectivity index (χ1v) is 9.50. The van der Waals surface area contributed by atoms with Crippen molar-refractivity contribution >= 4 is 22.6 Å². The summed E-state index contributed by atoms with van der Waals surface area (Å²) in [6.07, 6.45) is 0.190. The largest absolute Gasteiger partial charge is 0.496 e. The van der Waals surface area contributed by atoms with Crippen LogP contribution in [0.25, 0.3) is 0 Å². The van der Waals surface area contributed by atoms with Crippen LogP contribution in [0.1, 0.15) is 17.2 Å². The maximum Gasteiger partial charge on any atom is 0.161 e. The van der Waals surface area contributed by atoms with Gasteiger partial charge in [0.05, 0.1) is 32.0 Å². The molecule has 0 fully saturated rings. The maximum absolute atomic E-state index is 6.42. The van der Waals surface area contributed by atoms with Crippen molar-refractivity contribution in [1.82, 2.24) is 0 Å². The SMILES string of the molecule is COc1ccc(C2Oc3c(I)c(OC)cc(OC)c3CC2OC)cc1OC. The van der Waals surface area contributed by atoms with Crippen molar-refractivity contribution in [2.45, 2.75) is 18.6 Å². The van der Waals surface area contributed by atoms with Crippen LogP contribution in [0.4, 0.5) is 0 Å². The second-order valence-electron chi connectivity index (χ2n) is 6.03. The van der Waals surface area contributed by atoms with Gasteiger partial charge in [-0.05, 0) is 40.3 Å². The Labute approximate surface area is 172 Å². The highest BCUT2D eigenvalue weighted by Gasteiger charge is 2.36. The summed E-state index contributed by atoms with van der Waals surface area (Å²) in [4.78, 5) is 0. The topological polar surface area (TPSA) is 55.4 Å². The minimum absolute atomic E-state index is 0.173. The van der Waals surface area contributed by atoms with E-state index in [0.29, 0.717) is 23.7 Å². The van der Waals surface area contributed by atoms with E-state index in [4.69, 9.17) is 28.4 Å². The molecule has 2 aromatic rings. The van der Waals surface area contributed by atoms with Crippen LogP contribution in [0.2, 0.25) is 0 Å². The van der Waals surface area contributed by atoms with Gasteiger partial charge in [-0.3, -0.25) is 0 Å². The number of hydrogen-bond donors (Lipinski definition) is 0. The number of hydrogen-bond acceptors (Lipinski definition) is 6. The third-order valence-corrected chi connectivity index (χ3v) is 5.74. The van der Waals surface area contributed by atoms with Gasteiger partial charge in [0.1, 0.15) is 23.4 Å². The molecule has 6 nitrogen and oxygen atoms in total. The molecule has 0 spiro atoms. The Kier molecular flexibility index (Phi) is 6.21. The molecule has 2 aromatic carbocycles. The van der Waals surface area contributed by atoms with E-state index in [1.165, 1.54) is 0 Å². The molecule has 2 unspecified atom stereocenters. The summed E-state index contributed by atoms with van der Waals surface area (Å²) < 4.78 is 34.9. The molecule has 0 aromatic heterocycles. The standard InChI is InChI=1S/C20H23IO6/c1-22-13-7-6-11(8-15(13)24-3)19-17(26-5)9-12-14(23-2)10-16(25-4)18(21)20(12)27-19/h6-8,10,17,19H,9H2,1-5H3. The Balaban J connectivity index is 2.08. The van der Waals surface area contributed by atoms with Crippen LogP contribution < -0.4 is 23.7 Å². The van der Waals surface area contributed by atoms with E-state index in [1.54, 1.807) is 35.5 Å². The molecule has 0 radical (unpaired) electrons. The molecule has 146 valence electrons. The van der Waals surface area contributed by atoms with Gasteiger partial charge in [0.25, 0.3) is 0 Å². The van der Waals surface area contributed by atoms with Crippen LogP contribution in [-0.4, -0.2) is 41.7 Å². The van der Waals surface area contributed by atoms with E-state index < -0.39 is 0 Å². The van der Waals surface area contributed by atoms with Crippen molar-refractivity contribution in [3.63, 3.8) is 0 Å². The molecule has 2 atom stereocenters. The van der Waals surface area contributed by atoms with Crippen LogP contribution >= 0.6 is 22.6 Å². The molecule has 0 saturated carbocycles. The van der Waals surface area contributed by atoms with Crippen molar-refractivity contribution < 1.29 is 28.4 Å². The van der Waals surface area contributed by atoms with Crippen LogP contribution in [0.15, 0.2) is 24.3 Å². The number of fused-ring (bicyclic) bond motifs is 1. The summed E-state index contributed by atoms with van der Waals surface area (Å²) in [5.74, 6) is 3.53. The predicted molar refractivity (Wildman–Crippen MR) is 110 cm³/mol. The fourth-order valence-corrected chi connectivity index (χ4v) is 4.13. The third-order valence-electron chi connectivity index (χ3n) is 4.72. The lowest BCUT2D eigenvalue weighted by molar-refractivity contribution is -0.0127. The maximum atomic E-state index is 6.42. The zero-order chi connectivity index (χ0) is 19.6. The zero-order valence-corrected chi connectivity index (χ0v) is 18.2. The summed E-state index contributed by atoms with van der Waals surface area (Å²) in [7, 11) is 8.20. The monoisotopic (exact) mass is 486 g/mol. The third kappa shape index (κ3) is 3.62. The molecule has 0 amide bonds. The molecule has 1 aliphatic heterocycles. The minimum Gasteiger partial charge on any atom is -0.496 e. The molecule has 1 aliphatic rings. The molecule has 1 heterocycles. The quantitative estimate of drug-likeness (QED) is 0.576. The van der Waals surface area contributed by atoms with Crippen molar-refractivity contribution in [1.29, 1.82) is 0 Å². The van der Waals surface area contributed by atoms with E-state index in [0.717, 1.165) is 26.2 Å². The number of rotatable bonds is 6. The molecule has 0 saturated heterocycles. The Morgan fingerprint density at radius 2 is 1.52 bits per heavy atom. The van der Waals surface area contributed by atoms with Gasteiger partial charge in [0, 0.05) is 25.2 Å². The van der Waals surface area contributed by atoms with E-state index in [9.17, 15) is 0 Å². The van der Waals surface area contributed by atoms with Crippen LogP contribution in [0.3, 0.4) is 0 Å². The minimum atomic E-state index is -0.298. The van der Waals surface area contributed by atoms with Gasteiger partial charge in [0.15, 0.2) is 17.6 Å². The summed E-state index contributed by atoms with van der Waals surface area (Å²) in [6.45, 7) is 0. The van der Waals surface area contributed by atoms with E-state index in [2.05, 4.69) is 22.6 Å². The average Bonchev–Trinajstić information content (AvgIpc) is 2.72. The second-order valence-corrected chi connectivity index (χ2v) is 7.11. The van der Waals surface area contributed by atoms with Crippen molar-refractivity contribution in [2.75, 3.05) is 35.5 Å². The van der Waals surface area contributed by atoms with Crippen molar-refractivity contribution in [2.24, 2.45) is 0 Å². The van der Waals surface area contributed by atoms with Gasteiger partial charge >= 0.3 is 0 Å². The fourth-order valence-electron chi connectivity index (χ4n) is 3.30. The fraction of sp³-hybridized carbons (Fsp3) is 0.400. The van der Waals surface area contributed by atoms with Gasteiger partial charge in [0.2, 0.25) is 0 Å². The molecular formula is C20H23IO6. The molecule has 0 N–H and O–H groups in total. The lowest BCUT2D eigenvalue weighted by Gasteiger charge is -2.34. The molecule has 27 heavy (non-hydrogen) atoms. The number of benzene rings is 2. The highest BCUT2D eigenvalue weighted by molar-refractivity contribution is 14.1. The summed E-state index contributed by atoms with van der Waals surface area (Å²) in [6, 6.07) is 7.64. The van der Waals surface area contributed by atoms with Crippen molar-refractivity contribution in [3.8, 4) is 28.7 Å². The predicted octanol–water partition coefficient (Wildman–Crippen LogP) is 4.02. The molecule has 3 rings (SSSR count). The Morgan fingerprint density at radius 1 is 0.852 bits per heavy atom. The van der Waals surface area contributed by atoms with Crippen LogP contribution in [0, 0.1) is 3.57 Å². The van der Waals surface area contributed by atoms with Crippen LogP contribution in [0.5, 0.6) is 28.7 Å². The summed E-state index contributed by atoms with van der Waals surface area (Å²) >= 11 is 2.24. The van der Waals surface area contributed by atoms with E-state index >= 15 is 0 Å². The Bertz CT molecular complexity index is 823. The molecular weight excluding hydrogens is 463 g/mol. The van der Waals surface area contributed by atoms with Gasteiger partial charge in [-0.15, -0.1) is 0 Å². The lowest BCUT2D eigenvalue weighted by Crippen LogP contribution is -2.32. The highest BCUT2D eigenvalue weighted by atomic mass is 127. The van der Waals surface area contributed by atoms with E-state index in [1.807, 2.05) is 24.3 Å². The summed E-state index contributed by atoms with van der Waals surface area (Å²) in [5, 5.41) is 0. The summed E-state index contributed by atoms with van der Waals surface area (Å²) in [5.41, 5.74) is 1.93. The van der Waals surface area contributed by atoms with Gasteiger partial charge in [-0.2, -0.15) is 0 Å². The van der Waals surface area contributed by atoms with Crippen LogP contribution in [-0.2, 0) is 11.2 Å². The van der Waals surface area contributed by atoms with E-state index in [-0.39, 0.29) is 12.2 Å². The number of methoxy groups -OCH3 is 5. The first-order chi connectivity index (χ1) is 13.1. The number of ether oxygens (including phenoxy) is 6. The lowest BCUT2D eigenvalue weighted by atomic mass is 9.93. The normalized spacial score (nSPS) is 18.3. The van der Waals surface area contributed by atoms with Gasteiger partial charge in [-0.25, -0.2) is 0 Å². The second kappa shape index (κ2) is 8.43. The Morgan fingerprint density at radius 3 is 2.11 bits per heavy atom. The number of halogens is 1. The molecule has 0 bridgehead atoms. The average molecular weight is 486 g/mol. The first-order valence-electron chi connectivity index (χ1n) is 8.42.